The fraction of sp³-hybridized carbons (Fsp3) is 0.929. The maximum absolute atomic E-state index is 12.6. The predicted octanol–water partition coefficient (Wildman–Crippen LogP) is 12.6. The van der Waals surface area contributed by atoms with E-state index in [-0.39, 0.29) is 31.1 Å². The maximum Gasteiger partial charge on any atom is 0.306 e. The van der Waals surface area contributed by atoms with Crippen molar-refractivity contribution in [2.45, 2.75) is 227 Å². The Bertz CT molecular complexity index is 736. The van der Waals surface area contributed by atoms with E-state index >= 15 is 0 Å². The molecule has 0 bridgehead atoms. The molecule has 0 amide bonds. The Kier molecular flexibility index (Phi) is 34.1. The van der Waals surface area contributed by atoms with Crippen LogP contribution in [-0.4, -0.2) is 37.2 Å². The van der Waals surface area contributed by atoms with Gasteiger partial charge < -0.3 is 14.2 Å². The van der Waals surface area contributed by atoms with Crippen LogP contribution < -0.4 is 0 Å². The summed E-state index contributed by atoms with van der Waals surface area (Å²) in [5.41, 5.74) is 0. The standard InChI is InChI=1S/C42H80O6/c1-6-8-9-20-27-32-40(43)46-35-39(36-47-41(44)33-28-23-18-15-14-16-21-25-30-37(3)4)48-42(45)34-29-24-19-13-11-10-12-17-22-26-31-38(5)7-2/h37-39H,6-36H2,1-5H3/t38?,39-/m0/s1. The van der Waals surface area contributed by atoms with Crippen molar-refractivity contribution in [1.82, 2.24) is 0 Å². The average molecular weight is 681 g/mol. The quantitative estimate of drug-likeness (QED) is 0.0372. The second kappa shape index (κ2) is 35.2. The molecule has 2 atom stereocenters. The topological polar surface area (TPSA) is 78.9 Å². The number of unbranched alkanes of at least 4 members (excludes halogenated alkanes) is 20. The second-order valence-electron chi connectivity index (χ2n) is 15.0. The molecule has 284 valence electrons. The van der Waals surface area contributed by atoms with E-state index in [4.69, 9.17) is 14.2 Å². The first kappa shape index (κ1) is 46.4. The van der Waals surface area contributed by atoms with Gasteiger partial charge in [-0.25, -0.2) is 0 Å². The van der Waals surface area contributed by atoms with Crippen LogP contribution in [0.3, 0.4) is 0 Å². The molecule has 0 aromatic rings. The van der Waals surface area contributed by atoms with Crippen molar-refractivity contribution < 1.29 is 28.6 Å². The van der Waals surface area contributed by atoms with Gasteiger partial charge in [0.05, 0.1) is 0 Å². The van der Waals surface area contributed by atoms with Crippen LogP contribution in [-0.2, 0) is 28.6 Å². The van der Waals surface area contributed by atoms with Crippen molar-refractivity contribution in [3.05, 3.63) is 0 Å². The summed E-state index contributed by atoms with van der Waals surface area (Å²) in [6.07, 6.45) is 31.1. The zero-order valence-corrected chi connectivity index (χ0v) is 32.6. The zero-order valence-electron chi connectivity index (χ0n) is 32.6. The average Bonchev–Trinajstić information content (AvgIpc) is 3.06. The first-order chi connectivity index (χ1) is 23.3. The van der Waals surface area contributed by atoms with Crippen LogP contribution >= 0.6 is 0 Å². The Morgan fingerprint density at radius 3 is 1.19 bits per heavy atom. The minimum Gasteiger partial charge on any atom is -0.462 e. The fourth-order valence-corrected chi connectivity index (χ4v) is 6.01. The minimum atomic E-state index is -0.758. The minimum absolute atomic E-state index is 0.0671. The fourth-order valence-electron chi connectivity index (χ4n) is 6.01. The van der Waals surface area contributed by atoms with Gasteiger partial charge in [0.15, 0.2) is 6.10 Å². The van der Waals surface area contributed by atoms with E-state index in [9.17, 15) is 14.4 Å². The van der Waals surface area contributed by atoms with Crippen molar-refractivity contribution in [3.63, 3.8) is 0 Å². The van der Waals surface area contributed by atoms with Crippen LogP contribution in [0.2, 0.25) is 0 Å². The Morgan fingerprint density at radius 1 is 0.438 bits per heavy atom. The van der Waals surface area contributed by atoms with Crippen molar-refractivity contribution in [2.24, 2.45) is 11.8 Å². The highest BCUT2D eigenvalue weighted by Crippen LogP contribution is 2.17. The number of carbonyl (C=O) groups excluding carboxylic acids is 3. The molecule has 0 aliphatic heterocycles. The highest BCUT2D eigenvalue weighted by atomic mass is 16.6. The summed E-state index contributed by atoms with van der Waals surface area (Å²) in [4.78, 5) is 37.3. The van der Waals surface area contributed by atoms with Crippen LogP contribution in [0.25, 0.3) is 0 Å². The first-order valence-electron chi connectivity index (χ1n) is 20.8. The molecule has 0 saturated heterocycles. The van der Waals surface area contributed by atoms with Crippen molar-refractivity contribution in [2.75, 3.05) is 13.2 Å². The number of hydrogen-bond acceptors (Lipinski definition) is 6. The van der Waals surface area contributed by atoms with Crippen LogP contribution in [0, 0.1) is 11.8 Å². The molecule has 0 saturated carbocycles. The van der Waals surface area contributed by atoms with E-state index in [2.05, 4.69) is 34.6 Å². The largest absolute Gasteiger partial charge is 0.462 e. The Morgan fingerprint density at radius 2 is 0.792 bits per heavy atom. The first-order valence-corrected chi connectivity index (χ1v) is 20.8. The van der Waals surface area contributed by atoms with Gasteiger partial charge in [-0.05, 0) is 31.1 Å². The Balaban J connectivity index is 4.25. The van der Waals surface area contributed by atoms with E-state index in [1.54, 1.807) is 0 Å². The third kappa shape index (κ3) is 34.3. The molecule has 0 heterocycles. The number of hydrogen-bond donors (Lipinski definition) is 0. The summed E-state index contributed by atoms with van der Waals surface area (Å²) in [7, 11) is 0. The van der Waals surface area contributed by atoms with E-state index in [1.165, 1.54) is 103 Å². The number of ether oxygens (including phenoxy) is 3. The van der Waals surface area contributed by atoms with Crippen LogP contribution in [0.1, 0.15) is 221 Å². The van der Waals surface area contributed by atoms with Gasteiger partial charge in [-0.3, -0.25) is 14.4 Å². The lowest BCUT2D eigenvalue weighted by Gasteiger charge is -2.18. The van der Waals surface area contributed by atoms with Crippen molar-refractivity contribution >= 4 is 17.9 Å². The van der Waals surface area contributed by atoms with Crippen LogP contribution in [0.5, 0.6) is 0 Å². The molecule has 0 spiro atoms. The third-order valence-corrected chi connectivity index (χ3v) is 9.58. The number of rotatable bonds is 36. The molecule has 6 nitrogen and oxygen atoms in total. The summed E-state index contributed by atoms with van der Waals surface area (Å²) in [6.45, 7) is 11.2. The van der Waals surface area contributed by atoms with Gasteiger partial charge in [0.25, 0.3) is 0 Å². The van der Waals surface area contributed by atoms with Crippen molar-refractivity contribution in [1.29, 1.82) is 0 Å². The van der Waals surface area contributed by atoms with E-state index < -0.39 is 6.10 Å². The lowest BCUT2D eigenvalue weighted by Crippen LogP contribution is -2.30. The SMILES string of the molecule is CCCCCCCC(=O)OC[C@@H](COC(=O)CCCCCCCCCCC(C)C)OC(=O)CCCCCCCCCCCCC(C)CC. The van der Waals surface area contributed by atoms with Gasteiger partial charge in [-0.15, -0.1) is 0 Å². The third-order valence-electron chi connectivity index (χ3n) is 9.58. The highest BCUT2D eigenvalue weighted by Gasteiger charge is 2.19. The molecular formula is C42H80O6. The van der Waals surface area contributed by atoms with E-state index in [0.29, 0.717) is 19.3 Å². The summed E-state index contributed by atoms with van der Waals surface area (Å²) >= 11 is 0. The summed E-state index contributed by atoms with van der Waals surface area (Å²) < 4.78 is 16.5. The smallest absolute Gasteiger partial charge is 0.306 e. The number of carbonyl (C=O) groups is 3. The lowest BCUT2D eigenvalue weighted by atomic mass is 9.99. The molecule has 0 aromatic carbocycles. The van der Waals surface area contributed by atoms with Gasteiger partial charge in [-0.2, -0.15) is 0 Å². The highest BCUT2D eigenvalue weighted by molar-refractivity contribution is 5.71. The number of esters is 3. The lowest BCUT2D eigenvalue weighted by molar-refractivity contribution is -0.167. The molecule has 0 aromatic heterocycles. The maximum atomic E-state index is 12.6. The molecule has 0 fully saturated rings. The molecule has 0 aliphatic carbocycles. The van der Waals surface area contributed by atoms with Crippen molar-refractivity contribution in [3.8, 4) is 0 Å². The van der Waals surface area contributed by atoms with Gasteiger partial charge in [0.2, 0.25) is 0 Å². The Labute approximate surface area is 298 Å². The van der Waals surface area contributed by atoms with Gasteiger partial charge in [0.1, 0.15) is 13.2 Å². The van der Waals surface area contributed by atoms with Crippen LogP contribution in [0.4, 0.5) is 0 Å². The van der Waals surface area contributed by atoms with Gasteiger partial charge in [0, 0.05) is 19.3 Å². The van der Waals surface area contributed by atoms with E-state index in [0.717, 1.165) is 76.0 Å². The molecule has 48 heavy (non-hydrogen) atoms. The molecule has 1 unspecified atom stereocenters. The zero-order chi connectivity index (χ0) is 35.5. The molecule has 0 radical (unpaired) electrons. The van der Waals surface area contributed by atoms with Crippen LogP contribution in [0.15, 0.2) is 0 Å². The monoisotopic (exact) mass is 681 g/mol. The summed E-state index contributed by atoms with van der Waals surface area (Å²) in [5.74, 6) is 0.786. The summed E-state index contributed by atoms with van der Waals surface area (Å²) in [5, 5.41) is 0. The molecular weight excluding hydrogens is 600 g/mol. The normalized spacial score (nSPS) is 12.6. The summed E-state index contributed by atoms with van der Waals surface area (Å²) in [6, 6.07) is 0. The molecule has 0 N–H and O–H groups in total. The second-order valence-corrected chi connectivity index (χ2v) is 15.0. The van der Waals surface area contributed by atoms with E-state index in [1.807, 2.05) is 0 Å². The predicted molar refractivity (Wildman–Crippen MR) is 201 cm³/mol. The Hall–Kier alpha value is -1.59. The van der Waals surface area contributed by atoms with Gasteiger partial charge in [-0.1, -0.05) is 182 Å². The molecule has 0 rings (SSSR count). The molecule has 6 heteroatoms. The molecule has 0 aliphatic rings. The van der Waals surface area contributed by atoms with Gasteiger partial charge >= 0.3 is 17.9 Å².